The van der Waals surface area contributed by atoms with Gasteiger partial charge in [-0.3, -0.25) is 14.9 Å². The molecule has 7 heteroatoms. The van der Waals surface area contributed by atoms with Crippen molar-refractivity contribution in [3.05, 3.63) is 95.5 Å². The van der Waals surface area contributed by atoms with E-state index in [0.717, 1.165) is 27.7 Å². The van der Waals surface area contributed by atoms with Gasteiger partial charge in [-0.1, -0.05) is 24.3 Å². The number of anilines is 1. The lowest BCUT2D eigenvalue weighted by atomic mass is 10.1. The zero-order chi connectivity index (χ0) is 24.8. The van der Waals surface area contributed by atoms with E-state index in [9.17, 15) is 9.59 Å². The maximum atomic E-state index is 12.6. The molecule has 0 spiro atoms. The molecule has 1 amide bonds. The monoisotopic (exact) mass is 466 g/mol. The number of pyridine rings is 1. The Morgan fingerprint density at radius 1 is 1.00 bits per heavy atom. The normalized spacial score (nSPS) is 11.9. The molecule has 0 fully saturated rings. The first-order chi connectivity index (χ1) is 16.8. The molecule has 0 atom stereocenters. The fourth-order valence-corrected chi connectivity index (χ4v) is 3.39. The number of rotatable bonds is 6. The zero-order valence-electron chi connectivity index (χ0n) is 19.8. The van der Waals surface area contributed by atoms with Crippen molar-refractivity contribution in [2.45, 2.75) is 26.4 Å². The molecule has 0 saturated carbocycles. The van der Waals surface area contributed by atoms with Crippen molar-refractivity contribution in [2.24, 2.45) is 0 Å². The molecule has 2 N–H and O–H groups in total. The van der Waals surface area contributed by atoms with Gasteiger partial charge in [0.15, 0.2) is 0 Å². The van der Waals surface area contributed by atoms with Crippen LogP contribution in [-0.4, -0.2) is 32.7 Å². The van der Waals surface area contributed by atoms with Gasteiger partial charge in [0.05, 0.1) is 16.9 Å². The van der Waals surface area contributed by atoms with Crippen LogP contribution in [0.4, 0.5) is 5.69 Å². The number of benzene rings is 2. The van der Waals surface area contributed by atoms with E-state index < -0.39 is 11.6 Å². The topological polar surface area (TPSA) is 97.0 Å². The van der Waals surface area contributed by atoms with Crippen LogP contribution in [0, 0.1) is 0 Å². The maximum Gasteiger partial charge on any atom is 0.331 e. The van der Waals surface area contributed by atoms with Gasteiger partial charge in [0.1, 0.15) is 5.60 Å². The van der Waals surface area contributed by atoms with Gasteiger partial charge in [0, 0.05) is 35.0 Å². The van der Waals surface area contributed by atoms with Crippen LogP contribution >= 0.6 is 0 Å². The fourth-order valence-electron chi connectivity index (χ4n) is 3.39. The van der Waals surface area contributed by atoms with Crippen LogP contribution in [0.5, 0.6) is 0 Å². The van der Waals surface area contributed by atoms with Crippen molar-refractivity contribution in [1.29, 1.82) is 0 Å². The second-order valence-corrected chi connectivity index (χ2v) is 8.90. The first-order valence-electron chi connectivity index (χ1n) is 11.2. The van der Waals surface area contributed by atoms with Crippen molar-refractivity contribution in [2.75, 3.05) is 5.32 Å². The van der Waals surface area contributed by atoms with E-state index in [1.165, 1.54) is 6.08 Å². The lowest BCUT2D eigenvalue weighted by Crippen LogP contribution is -2.22. The Morgan fingerprint density at radius 2 is 1.80 bits per heavy atom. The smallest absolute Gasteiger partial charge is 0.331 e. The summed E-state index contributed by atoms with van der Waals surface area (Å²) in [5, 5.41) is 11.2. The van der Waals surface area contributed by atoms with E-state index in [1.54, 1.807) is 36.7 Å². The molecule has 2 heterocycles. The van der Waals surface area contributed by atoms with Crippen LogP contribution in [0.3, 0.4) is 0 Å². The zero-order valence-corrected chi connectivity index (χ0v) is 19.8. The number of amides is 1. The Kier molecular flexibility index (Phi) is 6.87. The van der Waals surface area contributed by atoms with Crippen LogP contribution in [0.15, 0.2) is 73.1 Å². The number of H-pyrrole nitrogens is 1. The van der Waals surface area contributed by atoms with Crippen molar-refractivity contribution < 1.29 is 14.3 Å². The van der Waals surface area contributed by atoms with Gasteiger partial charge in [-0.05, 0) is 74.9 Å². The van der Waals surface area contributed by atoms with Gasteiger partial charge in [-0.25, -0.2) is 4.79 Å². The number of nitrogens with zero attached hydrogens (tertiary/aromatic N) is 2. The van der Waals surface area contributed by atoms with E-state index in [4.69, 9.17) is 4.74 Å². The second-order valence-electron chi connectivity index (χ2n) is 8.90. The third-order valence-electron chi connectivity index (χ3n) is 4.99. The van der Waals surface area contributed by atoms with E-state index >= 15 is 0 Å². The predicted octanol–water partition coefficient (Wildman–Crippen LogP) is 5.74. The number of aromatic amines is 1. The summed E-state index contributed by atoms with van der Waals surface area (Å²) in [6.45, 7) is 5.49. The summed E-state index contributed by atoms with van der Waals surface area (Å²) >= 11 is 0. The van der Waals surface area contributed by atoms with Gasteiger partial charge in [0.2, 0.25) is 0 Å². The molecule has 0 bridgehead atoms. The molecule has 0 radical (unpaired) electrons. The predicted molar refractivity (Wildman–Crippen MR) is 139 cm³/mol. The fraction of sp³-hybridized carbons (Fsp3) is 0.143. The van der Waals surface area contributed by atoms with E-state index in [1.807, 2.05) is 69.3 Å². The standard InChI is InChI=1S/C28H26N4O3/c1-28(2,3)35-26(33)14-10-19-9-12-24-22(17-19)25(32-31-24)13-11-21-18-29-16-15-23(21)30-27(34)20-7-5-4-6-8-20/h4-18H,1-3H3,(H,31,32)(H,29,30,34)/b13-11+,14-10+. The Balaban J connectivity index is 1.55. The molecule has 0 saturated heterocycles. The summed E-state index contributed by atoms with van der Waals surface area (Å²) in [5.41, 5.74) is 3.86. The van der Waals surface area contributed by atoms with Crippen LogP contribution in [0.2, 0.25) is 0 Å². The quantitative estimate of drug-likeness (QED) is 0.279. The Labute approximate surface area is 203 Å². The van der Waals surface area contributed by atoms with E-state index in [2.05, 4.69) is 20.5 Å². The summed E-state index contributed by atoms with van der Waals surface area (Å²) in [5.74, 6) is -0.591. The number of hydrogen-bond acceptors (Lipinski definition) is 5. The summed E-state index contributed by atoms with van der Waals surface area (Å²) in [7, 11) is 0. The first-order valence-corrected chi connectivity index (χ1v) is 11.2. The summed E-state index contributed by atoms with van der Waals surface area (Å²) in [4.78, 5) is 28.8. The van der Waals surface area contributed by atoms with Gasteiger partial charge in [-0.2, -0.15) is 5.10 Å². The minimum absolute atomic E-state index is 0.195. The second kappa shape index (κ2) is 10.2. The van der Waals surface area contributed by atoms with Crippen molar-refractivity contribution in [3.8, 4) is 0 Å². The Morgan fingerprint density at radius 3 is 2.57 bits per heavy atom. The van der Waals surface area contributed by atoms with Gasteiger partial charge in [-0.15, -0.1) is 0 Å². The van der Waals surface area contributed by atoms with Crippen molar-refractivity contribution in [3.63, 3.8) is 0 Å². The highest BCUT2D eigenvalue weighted by Gasteiger charge is 2.14. The molecular formula is C28H26N4O3. The molecule has 2 aromatic carbocycles. The first kappa shape index (κ1) is 23.6. The summed E-state index contributed by atoms with van der Waals surface area (Å²) in [6, 6.07) is 16.5. The number of nitrogens with one attached hydrogen (secondary N) is 2. The van der Waals surface area contributed by atoms with Crippen LogP contribution in [-0.2, 0) is 9.53 Å². The lowest BCUT2D eigenvalue weighted by molar-refractivity contribution is -0.148. The van der Waals surface area contributed by atoms with Crippen LogP contribution < -0.4 is 5.32 Å². The molecule has 2 aromatic heterocycles. The van der Waals surface area contributed by atoms with Crippen LogP contribution in [0.1, 0.15) is 48.0 Å². The number of fused-ring (bicyclic) bond motifs is 1. The third-order valence-corrected chi connectivity index (χ3v) is 4.99. The highest BCUT2D eigenvalue weighted by Crippen LogP contribution is 2.23. The number of hydrogen-bond donors (Lipinski definition) is 2. The minimum Gasteiger partial charge on any atom is -0.457 e. The molecule has 0 unspecified atom stereocenters. The summed E-state index contributed by atoms with van der Waals surface area (Å²) < 4.78 is 5.32. The number of carbonyl (C=O) groups excluding carboxylic acids is 2. The van der Waals surface area contributed by atoms with Gasteiger partial charge < -0.3 is 10.1 Å². The third kappa shape index (κ3) is 6.29. The molecule has 7 nitrogen and oxygen atoms in total. The van der Waals surface area contributed by atoms with Gasteiger partial charge >= 0.3 is 5.97 Å². The van der Waals surface area contributed by atoms with E-state index in [-0.39, 0.29) is 5.91 Å². The highest BCUT2D eigenvalue weighted by molar-refractivity contribution is 6.05. The Hall–Kier alpha value is -4.52. The van der Waals surface area contributed by atoms with Gasteiger partial charge in [0.25, 0.3) is 5.91 Å². The number of ether oxygens (including phenoxy) is 1. The lowest BCUT2D eigenvalue weighted by Gasteiger charge is -2.17. The van der Waals surface area contributed by atoms with E-state index in [0.29, 0.717) is 11.3 Å². The highest BCUT2D eigenvalue weighted by atomic mass is 16.6. The average molecular weight is 467 g/mol. The molecule has 4 aromatic rings. The molecular weight excluding hydrogens is 440 g/mol. The van der Waals surface area contributed by atoms with Crippen molar-refractivity contribution >= 4 is 46.7 Å². The number of aromatic nitrogens is 3. The van der Waals surface area contributed by atoms with Crippen LogP contribution in [0.25, 0.3) is 29.1 Å². The molecule has 4 rings (SSSR count). The molecule has 0 aliphatic rings. The molecule has 0 aliphatic carbocycles. The maximum absolute atomic E-state index is 12.6. The average Bonchev–Trinajstić information content (AvgIpc) is 3.24. The Bertz CT molecular complexity index is 1410. The molecule has 35 heavy (non-hydrogen) atoms. The number of carbonyl (C=O) groups is 2. The largest absolute Gasteiger partial charge is 0.457 e. The minimum atomic E-state index is -0.542. The van der Waals surface area contributed by atoms with Crippen molar-refractivity contribution in [1.82, 2.24) is 15.2 Å². The number of esters is 1. The summed E-state index contributed by atoms with van der Waals surface area (Å²) in [6.07, 6.45) is 10.2. The molecule has 176 valence electrons. The SMILES string of the molecule is CC(C)(C)OC(=O)/C=C/c1ccc2n[nH]c(/C=C/c3cnccc3NC(=O)c3ccccc3)c2c1. The molecule has 0 aliphatic heterocycles.